The maximum absolute atomic E-state index is 13.7. The van der Waals surface area contributed by atoms with Crippen molar-refractivity contribution in [1.82, 2.24) is 5.32 Å². The number of halogens is 1. The van der Waals surface area contributed by atoms with Crippen LogP contribution in [-0.2, 0) is 4.74 Å². The molecule has 4 heteroatoms. The first-order valence-electron chi connectivity index (χ1n) is 7.20. The normalized spacial score (nSPS) is 14.6. The molecule has 0 spiro atoms. The molecule has 1 heterocycles. The van der Waals surface area contributed by atoms with Gasteiger partial charge in [0.2, 0.25) is 0 Å². The van der Waals surface area contributed by atoms with Crippen molar-refractivity contribution in [3.05, 3.63) is 35.8 Å². The van der Waals surface area contributed by atoms with Crippen molar-refractivity contribution in [2.24, 2.45) is 0 Å². The Kier molecular flexibility index (Phi) is 5.15. The molecule has 0 radical (unpaired) electrons. The zero-order valence-electron chi connectivity index (χ0n) is 12.3. The molecule has 0 aliphatic carbocycles. The second kappa shape index (κ2) is 6.86. The largest absolute Gasteiger partial charge is 0.456 e. The summed E-state index contributed by atoms with van der Waals surface area (Å²) in [5.74, 6) is 0.395. The Morgan fingerprint density at radius 3 is 2.80 bits per heavy atom. The fourth-order valence-electron chi connectivity index (χ4n) is 2.36. The van der Waals surface area contributed by atoms with Crippen LogP contribution in [0.25, 0.3) is 11.0 Å². The van der Waals surface area contributed by atoms with Crippen LogP contribution >= 0.6 is 0 Å². The molecule has 2 aromatic rings. The van der Waals surface area contributed by atoms with Crippen molar-refractivity contribution >= 4 is 11.0 Å². The number of fused-ring (bicyclic) bond motifs is 1. The molecule has 110 valence electrons. The number of hydrogen-bond acceptors (Lipinski definition) is 3. The van der Waals surface area contributed by atoms with Crippen molar-refractivity contribution in [3.63, 3.8) is 0 Å². The average Bonchev–Trinajstić information content (AvgIpc) is 2.85. The topological polar surface area (TPSA) is 34.4 Å². The van der Waals surface area contributed by atoms with E-state index in [1.54, 1.807) is 6.07 Å². The highest BCUT2D eigenvalue weighted by molar-refractivity contribution is 5.78. The van der Waals surface area contributed by atoms with Gasteiger partial charge < -0.3 is 14.5 Å². The van der Waals surface area contributed by atoms with Gasteiger partial charge in [0.25, 0.3) is 0 Å². The maximum atomic E-state index is 13.7. The smallest absolute Gasteiger partial charge is 0.169 e. The molecule has 0 fully saturated rings. The van der Waals surface area contributed by atoms with Crippen LogP contribution in [0.4, 0.5) is 4.39 Å². The molecular weight excluding hydrogens is 257 g/mol. The highest BCUT2D eigenvalue weighted by Gasteiger charge is 2.23. The first kappa shape index (κ1) is 15.0. The summed E-state index contributed by atoms with van der Waals surface area (Å²) in [6.07, 6.45) is 0.986. The molecule has 20 heavy (non-hydrogen) atoms. The zero-order chi connectivity index (χ0) is 14.5. The second-order valence-corrected chi connectivity index (χ2v) is 4.90. The molecule has 0 saturated heterocycles. The number of rotatable bonds is 7. The van der Waals surface area contributed by atoms with Crippen molar-refractivity contribution in [2.45, 2.75) is 39.3 Å². The fraction of sp³-hybridized carbons (Fsp3) is 0.500. The molecule has 1 N–H and O–H groups in total. The minimum atomic E-state index is -0.327. The zero-order valence-corrected chi connectivity index (χ0v) is 12.3. The molecule has 1 aromatic carbocycles. The van der Waals surface area contributed by atoms with Crippen molar-refractivity contribution in [2.75, 3.05) is 13.2 Å². The Bertz CT molecular complexity index is 552. The molecule has 0 aliphatic heterocycles. The summed E-state index contributed by atoms with van der Waals surface area (Å²) in [7, 11) is 0. The van der Waals surface area contributed by atoms with Gasteiger partial charge in [-0.05, 0) is 38.9 Å². The Balaban J connectivity index is 2.32. The number of benzene rings is 1. The third-order valence-corrected chi connectivity index (χ3v) is 3.33. The highest BCUT2D eigenvalue weighted by atomic mass is 19.1. The predicted octanol–water partition coefficient (Wildman–Crippen LogP) is 4.04. The molecule has 0 aliphatic rings. The van der Waals surface area contributed by atoms with Gasteiger partial charge in [0.05, 0.1) is 12.1 Å². The fourth-order valence-corrected chi connectivity index (χ4v) is 2.36. The molecule has 0 saturated carbocycles. The van der Waals surface area contributed by atoms with E-state index in [-0.39, 0.29) is 18.0 Å². The van der Waals surface area contributed by atoms with E-state index in [0.29, 0.717) is 12.2 Å². The second-order valence-electron chi connectivity index (χ2n) is 4.90. The van der Waals surface area contributed by atoms with E-state index in [1.807, 2.05) is 26.0 Å². The lowest BCUT2D eigenvalue weighted by Gasteiger charge is -2.23. The summed E-state index contributed by atoms with van der Waals surface area (Å²) in [6.45, 7) is 7.57. The first-order chi connectivity index (χ1) is 9.67. The van der Waals surface area contributed by atoms with Gasteiger partial charge in [-0.25, -0.2) is 4.39 Å². The average molecular weight is 279 g/mol. The number of hydrogen-bond donors (Lipinski definition) is 1. The van der Waals surface area contributed by atoms with Gasteiger partial charge in [0, 0.05) is 12.0 Å². The number of nitrogens with one attached hydrogen (secondary N) is 1. The minimum Gasteiger partial charge on any atom is -0.456 e. The van der Waals surface area contributed by atoms with E-state index in [1.165, 1.54) is 6.07 Å². The van der Waals surface area contributed by atoms with Crippen molar-refractivity contribution in [1.29, 1.82) is 0 Å². The Morgan fingerprint density at radius 1 is 1.35 bits per heavy atom. The molecular formula is C16H22FNO2. The van der Waals surface area contributed by atoms with Crippen LogP contribution in [0.2, 0.25) is 0 Å². The van der Waals surface area contributed by atoms with E-state index in [9.17, 15) is 4.39 Å². The van der Waals surface area contributed by atoms with Crippen LogP contribution in [0.1, 0.15) is 39.0 Å². The summed E-state index contributed by atoms with van der Waals surface area (Å²) < 4.78 is 25.1. The molecule has 2 unspecified atom stereocenters. The van der Waals surface area contributed by atoms with Crippen LogP contribution in [0.3, 0.4) is 0 Å². The Morgan fingerprint density at radius 2 is 2.15 bits per heavy atom. The van der Waals surface area contributed by atoms with Crippen LogP contribution in [0.15, 0.2) is 28.7 Å². The van der Waals surface area contributed by atoms with Gasteiger partial charge in [-0.3, -0.25) is 0 Å². The third kappa shape index (κ3) is 3.19. The first-order valence-corrected chi connectivity index (χ1v) is 7.20. The van der Waals surface area contributed by atoms with E-state index >= 15 is 0 Å². The quantitative estimate of drug-likeness (QED) is 0.830. The van der Waals surface area contributed by atoms with Gasteiger partial charge in [-0.1, -0.05) is 19.1 Å². The number of ether oxygens (including phenoxy) is 1. The molecule has 0 bridgehead atoms. The van der Waals surface area contributed by atoms with Gasteiger partial charge in [-0.15, -0.1) is 0 Å². The SMILES string of the molecule is CCCNC(c1cc2cccc(F)c2o1)C(C)OCC. The van der Waals surface area contributed by atoms with Crippen molar-refractivity contribution < 1.29 is 13.5 Å². The molecule has 2 atom stereocenters. The number of para-hydroxylation sites is 1. The van der Waals surface area contributed by atoms with Crippen LogP contribution in [-0.4, -0.2) is 19.3 Å². The lowest BCUT2D eigenvalue weighted by atomic mass is 10.1. The van der Waals surface area contributed by atoms with Crippen molar-refractivity contribution in [3.8, 4) is 0 Å². The van der Waals surface area contributed by atoms with Crippen LogP contribution < -0.4 is 5.32 Å². The Hall–Kier alpha value is -1.39. The van der Waals surface area contributed by atoms with E-state index in [0.717, 1.165) is 24.1 Å². The lowest BCUT2D eigenvalue weighted by molar-refractivity contribution is 0.0418. The van der Waals surface area contributed by atoms with Gasteiger partial charge in [-0.2, -0.15) is 0 Å². The number of furan rings is 1. The van der Waals surface area contributed by atoms with Gasteiger partial charge >= 0.3 is 0 Å². The molecule has 1 aromatic heterocycles. The highest BCUT2D eigenvalue weighted by Crippen LogP contribution is 2.28. The van der Waals surface area contributed by atoms with Gasteiger partial charge in [0.1, 0.15) is 5.76 Å². The van der Waals surface area contributed by atoms with Crippen LogP contribution in [0.5, 0.6) is 0 Å². The van der Waals surface area contributed by atoms with Gasteiger partial charge in [0.15, 0.2) is 11.4 Å². The summed E-state index contributed by atoms with van der Waals surface area (Å²) in [5.41, 5.74) is 0.314. The molecule has 2 rings (SSSR count). The molecule has 3 nitrogen and oxygen atoms in total. The standard InChI is InChI=1S/C16H22FNO2/c1-4-9-18-15(11(3)19-5-2)14-10-12-7-6-8-13(17)16(12)20-14/h6-8,10-11,15,18H,4-5,9H2,1-3H3. The van der Waals surface area contributed by atoms with E-state index < -0.39 is 0 Å². The minimum absolute atomic E-state index is 0.0322. The summed E-state index contributed by atoms with van der Waals surface area (Å²) in [5, 5.41) is 4.19. The summed E-state index contributed by atoms with van der Waals surface area (Å²) in [6, 6.07) is 6.78. The van der Waals surface area contributed by atoms with E-state index in [4.69, 9.17) is 9.15 Å². The predicted molar refractivity (Wildman–Crippen MR) is 78.3 cm³/mol. The summed E-state index contributed by atoms with van der Waals surface area (Å²) in [4.78, 5) is 0. The third-order valence-electron chi connectivity index (χ3n) is 3.33. The molecule has 0 amide bonds. The van der Waals surface area contributed by atoms with Crippen LogP contribution in [0, 0.1) is 5.82 Å². The summed E-state index contributed by atoms with van der Waals surface area (Å²) >= 11 is 0. The monoisotopic (exact) mass is 279 g/mol. The lowest BCUT2D eigenvalue weighted by Crippen LogP contribution is -2.32. The Labute approximate surface area is 119 Å². The van der Waals surface area contributed by atoms with E-state index in [2.05, 4.69) is 12.2 Å². The maximum Gasteiger partial charge on any atom is 0.169 e.